The van der Waals surface area contributed by atoms with Gasteiger partial charge in [0.2, 0.25) is 0 Å². The molecular weight excluding hydrogens is 224 g/mol. The number of nitrogens with zero attached hydrogens (tertiary/aromatic N) is 2. The standard InChI is InChI=1S/C14H10N4/c1-3-7-11-9(5-1)13-14(17-18-16-13)10-6-2-4-8-12(10)15-11/h1-8,15H,(H,16,17,18). The number of nitrogens with one attached hydrogen (secondary N) is 2. The molecule has 4 nitrogen and oxygen atoms in total. The van der Waals surface area contributed by atoms with Gasteiger partial charge in [-0.05, 0) is 12.1 Å². The van der Waals surface area contributed by atoms with Gasteiger partial charge in [0.15, 0.2) is 0 Å². The van der Waals surface area contributed by atoms with E-state index in [2.05, 4.69) is 45.0 Å². The van der Waals surface area contributed by atoms with Crippen LogP contribution in [-0.4, -0.2) is 15.4 Å². The first kappa shape index (κ1) is 9.41. The third-order valence-corrected chi connectivity index (χ3v) is 3.18. The summed E-state index contributed by atoms with van der Waals surface area (Å²) in [5.74, 6) is 0. The van der Waals surface area contributed by atoms with Crippen molar-refractivity contribution in [3.8, 4) is 22.5 Å². The summed E-state index contributed by atoms with van der Waals surface area (Å²) in [4.78, 5) is 0. The molecule has 0 saturated carbocycles. The Hall–Kier alpha value is -2.62. The molecule has 2 aromatic carbocycles. The molecule has 0 unspecified atom stereocenters. The summed E-state index contributed by atoms with van der Waals surface area (Å²) in [6.07, 6.45) is 0. The maximum Gasteiger partial charge on any atom is 0.122 e. The Morgan fingerprint density at radius 3 is 1.72 bits per heavy atom. The number of aromatic amines is 1. The van der Waals surface area contributed by atoms with E-state index >= 15 is 0 Å². The van der Waals surface area contributed by atoms with Gasteiger partial charge in [0.25, 0.3) is 0 Å². The van der Waals surface area contributed by atoms with Crippen LogP contribution in [0.2, 0.25) is 0 Å². The maximum absolute atomic E-state index is 4.28. The molecule has 0 fully saturated rings. The predicted molar refractivity (Wildman–Crippen MR) is 70.5 cm³/mol. The van der Waals surface area contributed by atoms with Crippen LogP contribution in [0.4, 0.5) is 11.4 Å². The zero-order valence-electron chi connectivity index (χ0n) is 9.51. The number of hydrogen-bond acceptors (Lipinski definition) is 3. The van der Waals surface area contributed by atoms with Crippen LogP contribution in [0.1, 0.15) is 0 Å². The van der Waals surface area contributed by atoms with Crippen molar-refractivity contribution >= 4 is 11.4 Å². The fraction of sp³-hybridized carbons (Fsp3) is 0. The fourth-order valence-electron chi connectivity index (χ4n) is 2.35. The number of rotatable bonds is 0. The lowest BCUT2D eigenvalue weighted by Crippen LogP contribution is -1.91. The van der Waals surface area contributed by atoms with Crippen molar-refractivity contribution in [3.05, 3.63) is 48.5 Å². The summed E-state index contributed by atoms with van der Waals surface area (Å²) in [6, 6.07) is 16.2. The normalized spacial score (nSPS) is 11.8. The molecule has 18 heavy (non-hydrogen) atoms. The highest BCUT2D eigenvalue weighted by Gasteiger charge is 2.21. The minimum absolute atomic E-state index is 0.892. The van der Waals surface area contributed by atoms with Gasteiger partial charge in [-0.15, -0.1) is 0 Å². The average Bonchev–Trinajstić information content (AvgIpc) is 2.84. The molecular formula is C14H10N4. The van der Waals surface area contributed by atoms with E-state index in [4.69, 9.17) is 0 Å². The zero-order valence-corrected chi connectivity index (χ0v) is 9.51. The summed E-state index contributed by atoms with van der Waals surface area (Å²) in [7, 11) is 0. The summed E-state index contributed by atoms with van der Waals surface area (Å²) in [5, 5.41) is 14.7. The number of hydrogen-bond donors (Lipinski definition) is 2. The van der Waals surface area contributed by atoms with Gasteiger partial charge in [0.1, 0.15) is 11.4 Å². The molecule has 2 heterocycles. The van der Waals surface area contributed by atoms with E-state index in [1.807, 2.05) is 24.3 Å². The van der Waals surface area contributed by atoms with Crippen LogP contribution >= 0.6 is 0 Å². The highest BCUT2D eigenvalue weighted by atomic mass is 15.3. The van der Waals surface area contributed by atoms with Gasteiger partial charge < -0.3 is 5.32 Å². The van der Waals surface area contributed by atoms with Crippen molar-refractivity contribution < 1.29 is 0 Å². The maximum atomic E-state index is 4.28. The molecule has 0 bridgehead atoms. The Bertz CT molecular complexity index is 670. The van der Waals surface area contributed by atoms with Crippen molar-refractivity contribution in [2.75, 3.05) is 5.32 Å². The summed E-state index contributed by atoms with van der Waals surface area (Å²) in [6.45, 7) is 0. The summed E-state index contributed by atoms with van der Waals surface area (Å²) < 4.78 is 0. The first-order chi connectivity index (χ1) is 8.93. The Balaban J connectivity index is 2.12. The van der Waals surface area contributed by atoms with Crippen molar-refractivity contribution in [1.29, 1.82) is 0 Å². The number of H-pyrrole nitrogens is 1. The lowest BCUT2D eigenvalue weighted by Gasteiger charge is -2.08. The molecule has 1 aliphatic heterocycles. The molecule has 0 aliphatic carbocycles. The van der Waals surface area contributed by atoms with E-state index in [1.165, 1.54) is 0 Å². The number of para-hydroxylation sites is 2. The largest absolute Gasteiger partial charge is 0.354 e. The molecule has 0 saturated heterocycles. The Labute approximate surface area is 104 Å². The van der Waals surface area contributed by atoms with E-state index in [0.717, 1.165) is 33.9 Å². The van der Waals surface area contributed by atoms with Crippen molar-refractivity contribution in [3.63, 3.8) is 0 Å². The molecule has 0 amide bonds. The van der Waals surface area contributed by atoms with Gasteiger partial charge >= 0.3 is 0 Å². The third kappa shape index (κ3) is 1.20. The van der Waals surface area contributed by atoms with Gasteiger partial charge in [0, 0.05) is 22.5 Å². The van der Waals surface area contributed by atoms with Gasteiger partial charge in [-0.25, -0.2) is 0 Å². The smallest absolute Gasteiger partial charge is 0.122 e. The second-order valence-electron chi connectivity index (χ2n) is 4.24. The first-order valence-electron chi connectivity index (χ1n) is 5.80. The first-order valence-corrected chi connectivity index (χ1v) is 5.80. The van der Waals surface area contributed by atoms with Crippen LogP contribution in [0.25, 0.3) is 22.5 Å². The quantitative estimate of drug-likeness (QED) is 0.491. The van der Waals surface area contributed by atoms with Crippen molar-refractivity contribution in [1.82, 2.24) is 15.4 Å². The molecule has 1 aromatic heterocycles. The lowest BCUT2D eigenvalue weighted by atomic mass is 10.1. The van der Waals surface area contributed by atoms with E-state index in [0.29, 0.717) is 0 Å². The second kappa shape index (κ2) is 3.43. The number of benzene rings is 2. The molecule has 4 heteroatoms. The summed E-state index contributed by atoms with van der Waals surface area (Å²) in [5.41, 5.74) is 6.02. The van der Waals surface area contributed by atoms with Crippen LogP contribution in [0, 0.1) is 0 Å². The molecule has 1 aliphatic rings. The Kier molecular flexibility index (Phi) is 1.80. The van der Waals surface area contributed by atoms with Crippen molar-refractivity contribution in [2.45, 2.75) is 0 Å². The van der Waals surface area contributed by atoms with Crippen LogP contribution < -0.4 is 5.32 Å². The SMILES string of the molecule is c1ccc2c(c1)Nc1ccccc1-c1n[nH]nc1-2. The van der Waals surface area contributed by atoms with Crippen LogP contribution in [-0.2, 0) is 0 Å². The zero-order chi connectivity index (χ0) is 11.9. The van der Waals surface area contributed by atoms with Gasteiger partial charge in [-0.3, -0.25) is 0 Å². The predicted octanol–water partition coefficient (Wildman–Crippen LogP) is 3.20. The van der Waals surface area contributed by atoms with Gasteiger partial charge in [-0.2, -0.15) is 15.4 Å². The Morgan fingerprint density at radius 1 is 0.667 bits per heavy atom. The van der Waals surface area contributed by atoms with Crippen LogP contribution in [0.15, 0.2) is 48.5 Å². The molecule has 0 atom stereocenters. The highest BCUT2D eigenvalue weighted by Crippen LogP contribution is 2.41. The number of anilines is 2. The number of fused-ring (bicyclic) bond motifs is 5. The van der Waals surface area contributed by atoms with Crippen molar-refractivity contribution in [2.24, 2.45) is 0 Å². The third-order valence-electron chi connectivity index (χ3n) is 3.18. The topological polar surface area (TPSA) is 53.6 Å². The second-order valence-corrected chi connectivity index (χ2v) is 4.24. The van der Waals surface area contributed by atoms with E-state index in [9.17, 15) is 0 Å². The molecule has 0 radical (unpaired) electrons. The van der Waals surface area contributed by atoms with E-state index in [1.54, 1.807) is 0 Å². The van der Waals surface area contributed by atoms with Crippen LogP contribution in [0.5, 0.6) is 0 Å². The van der Waals surface area contributed by atoms with E-state index < -0.39 is 0 Å². The molecule has 3 aromatic rings. The minimum atomic E-state index is 0.892. The van der Waals surface area contributed by atoms with Crippen LogP contribution in [0.3, 0.4) is 0 Å². The minimum Gasteiger partial charge on any atom is -0.354 e. The summed E-state index contributed by atoms with van der Waals surface area (Å²) >= 11 is 0. The Morgan fingerprint density at radius 2 is 1.17 bits per heavy atom. The number of aromatic nitrogens is 3. The molecule has 4 rings (SSSR count). The van der Waals surface area contributed by atoms with Gasteiger partial charge in [0.05, 0.1) is 0 Å². The van der Waals surface area contributed by atoms with Gasteiger partial charge in [-0.1, -0.05) is 36.4 Å². The molecule has 2 N–H and O–H groups in total. The highest BCUT2D eigenvalue weighted by molar-refractivity contribution is 5.95. The van der Waals surface area contributed by atoms with E-state index in [-0.39, 0.29) is 0 Å². The molecule has 0 spiro atoms. The molecule has 86 valence electrons. The lowest BCUT2D eigenvalue weighted by molar-refractivity contribution is 0.944. The fourth-order valence-corrected chi connectivity index (χ4v) is 2.35. The monoisotopic (exact) mass is 234 g/mol. The average molecular weight is 234 g/mol.